The molecule has 0 aliphatic rings. The highest BCUT2D eigenvalue weighted by Gasteiger charge is 2.17. The largest absolute Gasteiger partial charge is 0.496 e. The molecule has 4 aromatic rings. The third kappa shape index (κ3) is 4.85. The van der Waals surface area contributed by atoms with Gasteiger partial charge in [0.15, 0.2) is 12.4 Å². The molecule has 2 aromatic carbocycles. The smallest absolute Gasteiger partial charge is 0.258 e. The maximum Gasteiger partial charge on any atom is 0.258 e. The Hall–Kier alpha value is -3.79. The highest BCUT2D eigenvalue weighted by molar-refractivity contribution is 6.38. The number of H-pyrrole nitrogens is 1. The number of halogens is 1. The molecule has 0 aliphatic heterocycles. The van der Waals surface area contributed by atoms with Crippen molar-refractivity contribution in [2.24, 2.45) is 7.05 Å². The third-order valence-electron chi connectivity index (χ3n) is 4.80. The molecule has 4 rings (SSSR count). The number of anilines is 2. The monoisotopic (exact) mass is 469 g/mol. The summed E-state index contributed by atoms with van der Waals surface area (Å²) in [4.78, 5) is 16.4. The van der Waals surface area contributed by atoms with Crippen LogP contribution in [0.1, 0.15) is 13.8 Å². The van der Waals surface area contributed by atoms with Crippen LogP contribution >= 0.6 is 11.6 Å². The van der Waals surface area contributed by atoms with Crippen LogP contribution < -0.4 is 20.1 Å². The fourth-order valence-electron chi connectivity index (χ4n) is 3.27. The number of benzene rings is 2. The van der Waals surface area contributed by atoms with E-state index < -0.39 is 0 Å². The number of nitrogens with one attached hydrogen (secondary N) is 3. The lowest BCUT2D eigenvalue weighted by atomic mass is 10.2. The lowest BCUT2D eigenvalue weighted by Gasteiger charge is -2.11. The summed E-state index contributed by atoms with van der Waals surface area (Å²) >= 11 is 6.51. The van der Waals surface area contributed by atoms with Gasteiger partial charge in [0.1, 0.15) is 11.5 Å². The van der Waals surface area contributed by atoms with Crippen molar-refractivity contribution in [3.8, 4) is 22.9 Å². The van der Waals surface area contributed by atoms with Crippen molar-refractivity contribution >= 4 is 40.0 Å². The number of fused-ring (bicyclic) bond motifs is 1. The van der Waals surface area contributed by atoms with E-state index in [4.69, 9.17) is 21.1 Å². The fraction of sp³-hybridized carbons (Fsp3) is 0.273. The van der Waals surface area contributed by atoms with Crippen LogP contribution in [0.3, 0.4) is 0 Å². The SMILES string of the molecule is COc1cc(OCC(=O)NC(C)C)ccc1-c1nc(Nc2ccc3[nH]ncc3c2Cl)n(C)n1. The van der Waals surface area contributed by atoms with E-state index in [2.05, 4.69) is 30.9 Å². The molecule has 0 bridgehead atoms. The summed E-state index contributed by atoms with van der Waals surface area (Å²) in [7, 11) is 3.33. The minimum absolute atomic E-state index is 0.0486. The zero-order valence-corrected chi connectivity index (χ0v) is 19.4. The first-order valence-corrected chi connectivity index (χ1v) is 10.6. The van der Waals surface area contributed by atoms with Crippen molar-refractivity contribution in [2.75, 3.05) is 19.0 Å². The molecule has 0 saturated carbocycles. The summed E-state index contributed by atoms with van der Waals surface area (Å²) in [5.74, 6) is 1.79. The molecule has 0 spiro atoms. The van der Waals surface area contributed by atoms with E-state index in [9.17, 15) is 4.79 Å². The molecule has 1 amide bonds. The summed E-state index contributed by atoms with van der Waals surface area (Å²) in [6.45, 7) is 3.70. The lowest BCUT2D eigenvalue weighted by Crippen LogP contribution is -2.34. The van der Waals surface area contributed by atoms with Gasteiger partial charge < -0.3 is 20.1 Å². The second-order valence-corrected chi connectivity index (χ2v) is 8.02. The normalized spacial score (nSPS) is 11.1. The number of methoxy groups -OCH3 is 1. The molecule has 0 atom stereocenters. The Labute approximate surface area is 195 Å². The Morgan fingerprint density at radius 1 is 1.27 bits per heavy atom. The number of hydrogen-bond acceptors (Lipinski definition) is 7. The zero-order valence-electron chi connectivity index (χ0n) is 18.6. The molecule has 0 fully saturated rings. The van der Waals surface area contributed by atoms with E-state index in [0.29, 0.717) is 39.5 Å². The van der Waals surface area contributed by atoms with E-state index in [-0.39, 0.29) is 18.6 Å². The maximum atomic E-state index is 11.8. The summed E-state index contributed by atoms with van der Waals surface area (Å²) in [5, 5.41) is 18.7. The number of aromatic amines is 1. The Kier molecular flexibility index (Phi) is 6.36. The minimum atomic E-state index is -0.192. The van der Waals surface area contributed by atoms with Gasteiger partial charge in [-0.1, -0.05) is 11.6 Å². The first kappa shape index (κ1) is 22.4. The van der Waals surface area contributed by atoms with Gasteiger partial charge in [-0.15, -0.1) is 5.10 Å². The van der Waals surface area contributed by atoms with Crippen LogP contribution in [0.4, 0.5) is 11.6 Å². The van der Waals surface area contributed by atoms with E-state index in [1.807, 2.05) is 26.0 Å². The molecule has 11 heteroatoms. The summed E-state index contributed by atoms with van der Waals surface area (Å²) in [5.41, 5.74) is 2.21. The number of carbonyl (C=O) groups excluding carboxylic acids is 1. The maximum absolute atomic E-state index is 11.8. The van der Waals surface area contributed by atoms with Gasteiger partial charge in [-0.3, -0.25) is 9.89 Å². The van der Waals surface area contributed by atoms with Gasteiger partial charge in [0.2, 0.25) is 5.95 Å². The first-order valence-electron chi connectivity index (χ1n) is 10.3. The molecule has 172 valence electrons. The molecule has 2 aromatic heterocycles. The highest BCUT2D eigenvalue weighted by Crippen LogP contribution is 2.34. The van der Waals surface area contributed by atoms with E-state index in [1.54, 1.807) is 43.2 Å². The van der Waals surface area contributed by atoms with Crippen molar-refractivity contribution in [1.29, 1.82) is 0 Å². The van der Waals surface area contributed by atoms with Gasteiger partial charge in [-0.2, -0.15) is 10.1 Å². The highest BCUT2D eigenvalue weighted by atomic mass is 35.5. The van der Waals surface area contributed by atoms with E-state index >= 15 is 0 Å². The predicted octanol–water partition coefficient (Wildman–Crippen LogP) is 3.67. The second kappa shape index (κ2) is 9.37. The topological polar surface area (TPSA) is 119 Å². The standard InChI is InChI=1S/C22H24ClN7O3/c1-12(2)25-19(31)11-33-13-5-6-14(18(9-13)32-4)21-27-22(30(3)29-21)26-17-8-7-16-15(20(17)23)10-24-28-16/h5-10,12H,11H2,1-4H3,(H,24,28)(H,25,31)(H,26,27,29). The molecular weight excluding hydrogens is 446 g/mol. The molecule has 10 nitrogen and oxygen atoms in total. The van der Waals surface area contributed by atoms with Gasteiger partial charge in [-0.25, -0.2) is 4.68 Å². The Balaban J connectivity index is 1.55. The van der Waals surface area contributed by atoms with Gasteiger partial charge in [-0.05, 0) is 38.1 Å². The van der Waals surface area contributed by atoms with Gasteiger partial charge >= 0.3 is 0 Å². The van der Waals surface area contributed by atoms with Crippen LogP contribution in [-0.4, -0.2) is 50.6 Å². The first-order chi connectivity index (χ1) is 15.9. The van der Waals surface area contributed by atoms with Crippen molar-refractivity contribution in [2.45, 2.75) is 19.9 Å². The molecule has 33 heavy (non-hydrogen) atoms. The number of rotatable bonds is 8. The van der Waals surface area contributed by atoms with Crippen LogP contribution in [0.2, 0.25) is 5.02 Å². The van der Waals surface area contributed by atoms with Crippen molar-refractivity contribution in [3.05, 3.63) is 41.6 Å². The Morgan fingerprint density at radius 3 is 2.85 bits per heavy atom. The quantitative estimate of drug-likeness (QED) is 0.360. The summed E-state index contributed by atoms with van der Waals surface area (Å²) in [6, 6.07) is 9.01. The van der Waals surface area contributed by atoms with Crippen LogP contribution in [0.25, 0.3) is 22.3 Å². The Morgan fingerprint density at radius 2 is 2.09 bits per heavy atom. The number of aromatic nitrogens is 5. The second-order valence-electron chi connectivity index (χ2n) is 7.64. The van der Waals surface area contributed by atoms with Gasteiger partial charge in [0.05, 0.1) is 35.1 Å². The molecule has 0 unspecified atom stereocenters. The predicted molar refractivity (Wildman–Crippen MR) is 126 cm³/mol. The minimum Gasteiger partial charge on any atom is -0.496 e. The van der Waals surface area contributed by atoms with Crippen molar-refractivity contribution in [1.82, 2.24) is 30.3 Å². The number of nitrogens with zero attached hydrogens (tertiary/aromatic N) is 4. The molecule has 0 radical (unpaired) electrons. The average Bonchev–Trinajstić information content (AvgIpc) is 3.40. The molecular formula is C22H24ClN7O3. The van der Waals surface area contributed by atoms with Crippen LogP contribution in [0, 0.1) is 0 Å². The summed E-state index contributed by atoms with van der Waals surface area (Å²) in [6.07, 6.45) is 1.67. The number of ether oxygens (including phenoxy) is 2. The number of hydrogen-bond donors (Lipinski definition) is 3. The van der Waals surface area contributed by atoms with Crippen LogP contribution in [-0.2, 0) is 11.8 Å². The molecule has 0 aliphatic carbocycles. The third-order valence-corrected chi connectivity index (χ3v) is 5.21. The van der Waals surface area contributed by atoms with Crippen molar-refractivity contribution in [3.63, 3.8) is 0 Å². The van der Waals surface area contributed by atoms with Gasteiger partial charge in [0, 0.05) is 24.5 Å². The number of amides is 1. The van der Waals surface area contributed by atoms with E-state index in [1.165, 1.54) is 0 Å². The number of carbonyl (C=O) groups is 1. The van der Waals surface area contributed by atoms with E-state index in [0.717, 1.165) is 10.9 Å². The van der Waals surface area contributed by atoms with Gasteiger partial charge in [0.25, 0.3) is 5.91 Å². The lowest BCUT2D eigenvalue weighted by molar-refractivity contribution is -0.123. The molecule has 3 N–H and O–H groups in total. The van der Waals surface area contributed by atoms with Crippen LogP contribution in [0.5, 0.6) is 11.5 Å². The van der Waals surface area contributed by atoms with Crippen LogP contribution in [0.15, 0.2) is 36.5 Å². The number of aryl methyl sites for hydroxylation is 1. The molecule has 2 heterocycles. The molecule has 0 saturated heterocycles. The summed E-state index contributed by atoms with van der Waals surface area (Å²) < 4.78 is 12.7. The van der Waals surface area contributed by atoms with Crippen molar-refractivity contribution < 1.29 is 14.3 Å². The Bertz CT molecular complexity index is 1300. The zero-order chi connectivity index (χ0) is 23.5. The fourth-order valence-corrected chi connectivity index (χ4v) is 3.53. The average molecular weight is 470 g/mol.